The average Bonchev–Trinajstić information content (AvgIpc) is 3.08. The van der Waals surface area contributed by atoms with Crippen molar-refractivity contribution < 1.29 is 52.4 Å². The van der Waals surface area contributed by atoms with Crippen LogP contribution in [-0.4, -0.2) is 56.6 Å². The first-order valence-corrected chi connectivity index (χ1v) is 14.4. The van der Waals surface area contributed by atoms with Gasteiger partial charge in [0.2, 0.25) is 0 Å². The van der Waals surface area contributed by atoms with Crippen LogP contribution < -0.4 is 18.9 Å². The minimum Gasteiger partial charge on any atom is -0.494 e. The highest BCUT2D eigenvalue weighted by atomic mass is 16.5. The molecule has 0 N–H and O–H groups in total. The molecule has 0 atom stereocenters. The van der Waals surface area contributed by atoms with Crippen LogP contribution in [0.15, 0.2) is 92.0 Å². The lowest BCUT2D eigenvalue weighted by atomic mass is 10.2. The van der Waals surface area contributed by atoms with E-state index in [4.69, 9.17) is 28.4 Å². The number of rotatable bonds is 19. The molecule has 240 valence electrons. The highest BCUT2D eigenvalue weighted by molar-refractivity contribution is 5.94. The van der Waals surface area contributed by atoms with E-state index in [0.29, 0.717) is 56.7 Å². The molecule has 0 aliphatic carbocycles. The molecule has 3 rings (SSSR count). The highest BCUT2D eigenvalue weighted by Crippen LogP contribution is 2.25. The minimum absolute atomic E-state index is 0.00218. The maximum Gasteiger partial charge on any atom is 0.343 e. The third kappa shape index (κ3) is 11.8. The summed E-state index contributed by atoms with van der Waals surface area (Å²) in [5.74, 6) is -1.10. The molecular formula is C35H34O11. The third-order valence-electron chi connectivity index (χ3n) is 6.14. The summed E-state index contributed by atoms with van der Waals surface area (Å²) < 4.78 is 31.9. The van der Waals surface area contributed by atoms with E-state index in [2.05, 4.69) is 13.2 Å². The normalized spacial score (nSPS) is 10.2. The predicted octanol–water partition coefficient (Wildman–Crippen LogP) is 5.71. The summed E-state index contributed by atoms with van der Waals surface area (Å²) in [6.45, 7) is 8.01. The van der Waals surface area contributed by atoms with Gasteiger partial charge in [0, 0.05) is 12.2 Å². The van der Waals surface area contributed by atoms with Crippen LogP contribution >= 0.6 is 0 Å². The molecule has 0 saturated carbocycles. The molecule has 3 aromatic carbocycles. The van der Waals surface area contributed by atoms with E-state index in [-0.39, 0.29) is 41.4 Å². The summed E-state index contributed by atoms with van der Waals surface area (Å²) in [7, 11) is 0. The van der Waals surface area contributed by atoms with Crippen molar-refractivity contribution in [2.24, 2.45) is 0 Å². The largest absolute Gasteiger partial charge is 0.494 e. The van der Waals surface area contributed by atoms with Crippen molar-refractivity contribution in [3.8, 4) is 23.0 Å². The second-order valence-corrected chi connectivity index (χ2v) is 9.50. The van der Waals surface area contributed by atoms with E-state index in [1.165, 1.54) is 30.3 Å². The summed E-state index contributed by atoms with van der Waals surface area (Å²) in [6.07, 6.45) is 5.30. The molecule has 46 heavy (non-hydrogen) atoms. The Kier molecular flexibility index (Phi) is 14.2. The maximum absolute atomic E-state index is 12.7. The fourth-order valence-corrected chi connectivity index (χ4v) is 3.73. The lowest BCUT2D eigenvalue weighted by molar-refractivity contribution is -0.138. The Hall–Kier alpha value is -5.71. The molecule has 0 saturated heterocycles. The number of esters is 4. The standard InChI is InChI=1S/C35H34O11/c1-3-32(37)43-21-7-5-19-41-28-13-9-25(10-14-28)34(39)45-30-17-18-31(27(23-30)24-36)46-35(40)26-11-15-29(16-12-26)42-20-6-8-22-44-33(38)4-2/h3-4,9-18,23-24H,1-2,5-8,19-22H2. The van der Waals surface area contributed by atoms with E-state index < -0.39 is 23.9 Å². The smallest absolute Gasteiger partial charge is 0.343 e. The van der Waals surface area contributed by atoms with Gasteiger partial charge in [-0.05, 0) is 92.4 Å². The molecule has 0 aliphatic rings. The number of aldehydes is 1. The minimum atomic E-state index is -0.693. The van der Waals surface area contributed by atoms with E-state index >= 15 is 0 Å². The third-order valence-corrected chi connectivity index (χ3v) is 6.14. The van der Waals surface area contributed by atoms with Gasteiger partial charge in [0.1, 0.15) is 23.0 Å². The van der Waals surface area contributed by atoms with Crippen LogP contribution in [0.5, 0.6) is 23.0 Å². The van der Waals surface area contributed by atoms with Gasteiger partial charge < -0.3 is 28.4 Å². The number of unbranched alkanes of at least 4 members (excludes halogenated alkanes) is 2. The quantitative estimate of drug-likeness (QED) is 0.0528. The lowest BCUT2D eigenvalue weighted by Gasteiger charge is -2.10. The first kappa shape index (κ1) is 34.8. The lowest BCUT2D eigenvalue weighted by Crippen LogP contribution is -2.11. The molecule has 11 heteroatoms. The zero-order valence-electron chi connectivity index (χ0n) is 25.1. The van der Waals surface area contributed by atoms with Crippen LogP contribution in [0.4, 0.5) is 0 Å². The predicted molar refractivity (Wildman–Crippen MR) is 166 cm³/mol. The molecule has 3 aromatic rings. The monoisotopic (exact) mass is 630 g/mol. The molecule has 0 amide bonds. The molecular weight excluding hydrogens is 596 g/mol. The molecule has 11 nitrogen and oxygen atoms in total. The van der Waals surface area contributed by atoms with Crippen molar-refractivity contribution in [1.29, 1.82) is 0 Å². The summed E-state index contributed by atoms with van der Waals surface area (Å²) in [5.41, 5.74) is 0.506. The molecule has 0 spiro atoms. The second-order valence-electron chi connectivity index (χ2n) is 9.50. The van der Waals surface area contributed by atoms with Crippen molar-refractivity contribution in [2.45, 2.75) is 25.7 Å². The van der Waals surface area contributed by atoms with Gasteiger partial charge in [-0.25, -0.2) is 19.2 Å². The van der Waals surface area contributed by atoms with Crippen molar-refractivity contribution in [3.63, 3.8) is 0 Å². The Labute approximate surface area is 266 Å². The number of carbonyl (C=O) groups excluding carboxylic acids is 5. The number of hydrogen-bond acceptors (Lipinski definition) is 11. The molecule has 0 fully saturated rings. The Balaban J connectivity index is 1.45. The summed E-state index contributed by atoms with van der Waals surface area (Å²) in [6, 6.07) is 16.7. The van der Waals surface area contributed by atoms with E-state index in [0.717, 1.165) is 12.2 Å². The van der Waals surface area contributed by atoms with Gasteiger partial charge >= 0.3 is 23.9 Å². The Morgan fingerprint density at radius 1 is 0.565 bits per heavy atom. The molecule has 0 heterocycles. The fourth-order valence-electron chi connectivity index (χ4n) is 3.73. The van der Waals surface area contributed by atoms with Crippen LogP contribution in [0.1, 0.15) is 56.8 Å². The molecule has 0 unspecified atom stereocenters. The van der Waals surface area contributed by atoms with Gasteiger partial charge in [-0.15, -0.1) is 0 Å². The van der Waals surface area contributed by atoms with Gasteiger partial charge in [0.05, 0.1) is 43.1 Å². The number of hydrogen-bond donors (Lipinski definition) is 0. The van der Waals surface area contributed by atoms with Gasteiger partial charge in [0.15, 0.2) is 6.29 Å². The van der Waals surface area contributed by atoms with Gasteiger partial charge in [0.25, 0.3) is 0 Å². The summed E-state index contributed by atoms with van der Waals surface area (Å²) >= 11 is 0. The van der Waals surface area contributed by atoms with Crippen LogP contribution in [0.3, 0.4) is 0 Å². The highest BCUT2D eigenvalue weighted by Gasteiger charge is 2.15. The van der Waals surface area contributed by atoms with Crippen molar-refractivity contribution in [1.82, 2.24) is 0 Å². The zero-order valence-corrected chi connectivity index (χ0v) is 25.1. The van der Waals surface area contributed by atoms with Crippen LogP contribution in [0, 0.1) is 0 Å². The van der Waals surface area contributed by atoms with Crippen LogP contribution in [0.2, 0.25) is 0 Å². The maximum atomic E-state index is 12.7. The van der Waals surface area contributed by atoms with E-state index in [9.17, 15) is 24.0 Å². The second kappa shape index (κ2) is 18.8. The van der Waals surface area contributed by atoms with Crippen LogP contribution in [-0.2, 0) is 19.1 Å². The first-order chi connectivity index (χ1) is 22.3. The first-order valence-electron chi connectivity index (χ1n) is 14.4. The summed E-state index contributed by atoms with van der Waals surface area (Å²) in [5, 5.41) is 0. The Bertz CT molecular complexity index is 1510. The Morgan fingerprint density at radius 3 is 1.46 bits per heavy atom. The Morgan fingerprint density at radius 2 is 1.00 bits per heavy atom. The molecule has 0 radical (unpaired) electrons. The van der Waals surface area contributed by atoms with Crippen molar-refractivity contribution in [2.75, 3.05) is 26.4 Å². The molecule has 0 bridgehead atoms. The fraction of sp³-hybridized carbons (Fsp3) is 0.229. The van der Waals surface area contributed by atoms with Crippen molar-refractivity contribution in [3.05, 3.63) is 109 Å². The summed E-state index contributed by atoms with van der Waals surface area (Å²) in [4.78, 5) is 59.1. The number of benzene rings is 3. The van der Waals surface area contributed by atoms with E-state index in [1.807, 2.05) is 0 Å². The van der Waals surface area contributed by atoms with Gasteiger partial charge in [-0.3, -0.25) is 4.79 Å². The van der Waals surface area contributed by atoms with Crippen molar-refractivity contribution >= 4 is 30.2 Å². The molecule has 0 aromatic heterocycles. The average molecular weight is 631 g/mol. The van der Waals surface area contributed by atoms with Gasteiger partial charge in [-0.2, -0.15) is 0 Å². The topological polar surface area (TPSA) is 141 Å². The SMILES string of the molecule is C=CC(=O)OCCCCOc1ccc(C(=O)Oc2ccc(OC(=O)c3ccc(OCCCCOC(=O)C=C)cc3)c(C=O)c2)cc1. The number of ether oxygens (including phenoxy) is 6. The van der Waals surface area contributed by atoms with Gasteiger partial charge in [-0.1, -0.05) is 13.2 Å². The number of carbonyl (C=O) groups is 5. The zero-order chi connectivity index (χ0) is 33.1. The van der Waals surface area contributed by atoms with E-state index in [1.54, 1.807) is 36.4 Å². The molecule has 0 aliphatic heterocycles. The van der Waals surface area contributed by atoms with Crippen LogP contribution in [0.25, 0.3) is 0 Å².